The van der Waals surface area contributed by atoms with Crippen LogP contribution >= 0.6 is 11.6 Å². The molecular weight excluding hydrogens is 334 g/mol. The van der Waals surface area contributed by atoms with Crippen molar-refractivity contribution in [3.05, 3.63) is 72.5 Å². The molecule has 0 aliphatic carbocycles. The van der Waals surface area contributed by atoms with Crippen LogP contribution in [0.1, 0.15) is 17.0 Å². The molecule has 7 nitrogen and oxygen atoms in total. The van der Waals surface area contributed by atoms with Crippen molar-refractivity contribution < 1.29 is 9.53 Å². The van der Waals surface area contributed by atoms with E-state index in [9.17, 15) is 14.4 Å². The Labute approximate surface area is 140 Å². The van der Waals surface area contributed by atoms with Crippen molar-refractivity contribution in [3.8, 4) is 0 Å². The Kier molecular flexibility index (Phi) is 3.14. The van der Waals surface area contributed by atoms with E-state index in [1.54, 1.807) is 31.3 Å². The first-order valence-electron chi connectivity index (χ1n) is 7.23. The Morgan fingerprint density at radius 2 is 1.92 bits per heavy atom. The molecule has 0 bridgehead atoms. The molecule has 4 rings (SSSR count). The second kappa shape index (κ2) is 5.10. The monoisotopic (exact) mass is 345 g/mol. The van der Waals surface area contributed by atoms with Crippen LogP contribution in [-0.2, 0) is 16.6 Å². The van der Waals surface area contributed by atoms with Crippen molar-refractivity contribution in [1.82, 2.24) is 9.55 Å². The number of halogens is 1. The van der Waals surface area contributed by atoms with E-state index in [4.69, 9.17) is 16.3 Å². The summed E-state index contributed by atoms with van der Waals surface area (Å²) in [5.41, 5.74) is 0.902. The number of H-pyrrole nitrogens is 1. The number of fused-ring (bicyclic) bond motifs is 1. The molecule has 0 amide bonds. The number of ether oxygens (including phenoxy) is 1. The average molecular weight is 346 g/mol. The molecule has 3 heterocycles. The molecule has 0 unspecified atom stereocenters. The largest absolute Gasteiger partial charge is 0.456 e. The molecule has 0 spiro atoms. The van der Waals surface area contributed by atoms with E-state index in [-0.39, 0.29) is 6.61 Å². The predicted octanol–water partition coefficient (Wildman–Crippen LogP) is 1.10. The maximum Gasteiger partial charge on any atom is 0.337 e. The van der Waals surface area contributed by atoms with Crippen molar-refractivity contribution in [2.75, 3.05) is 11.9 Å². The zero-order valence-corrected chi connectivity index (χ0v) is 13.3. The molecule has 0 saturated carbocycles. The molecule has 2 aliphatic rings. The highest BCUT2D eigenvalue weighted by Gasteiger charge is 2.41. The van der Waals surface area contributed by atoms with Crippen LogP contribution in [0.5, 0.6) is 0 Å². The minimum Gasteiger partial charge on any atom is -0.456 e. The second-order valence-corrected chi connectivity index (χ2v) is 6.09. The highest BCUT2D eigenvalue weighted by atomic mass is 35.5. The topological polar surface area (TPSA) is 93.2 Å². The number of aromatic amines is 1. The minimum absolute atomic E-state index is 0.0820. The van der Waals surface area contributed by atoms with Crippen LogP contribution in [0.2, 0.25) is 5.02 Å². The Morgan fingerprint density at radius 3 is 2.62 bits per heavy atom. The molecule has 1 aromatic heterocycles. The normalized spacial score (nSPS) is 18.8. The smallest absolute Gasteiger partial charge is 0.337 e. The van der Waals surface area contributed by atoms with Crippen LogP contribution in [0.3, 0.4) is 0 Å². The fraction of sp³-hybridized carbons (Fsp3) is 0.188. The summed E-state index contributed by atoms with van der Waals surface area (Å²) in [5, 5.41) is 3.55. The minimum atomic E-state index is -0.626. The SMILES string of the molecule is Cn1c2c(c(=O)[nH]c1=O)[C@@H](c1ccc(Cl)cc1)C1=C(COC1=O)N2. The van der Waals surface area contributed by atoms with Crippen LogP contribution in [0.25, 0.3) is 0 Å². The number of carbonyl (C=O) groups excluding carboxylic acids is 1. The zero-order valence-electron chi connectivity index (χ0n) is 12.6. The van der Waals surface area contributed by atoms with Gasteiger partial charge in [-0.05, 0) is 17.7 Å². The number of hydrogen-bond donors (Lipinski definition) is 2. The third-order valence-corrected chi connectivity index (χ3v) is 4.55. The predicted molar refractivity (Wildman–Crippen MR) is 87.2 cm³/mol. The fourth-order valence-corrected chi connectivity index (χ4v) is 3.27. The molecule has 0 radical (unpaired) electrons. The quantitative estimate of drug-likeness (QED) is 0.755. The van der Waals surface area contributed by atoms with Gasteiger partial charge in [-0.1, -0.05) is 23.7 Å². The molecule has 24 heavy (non-hydrogen) atoms. The summed E-state index contributed by atoms with van der Waals surface area (Å²) in [7, 11) is 1.55. The van der Waals surface area contributed by atoms with Crippen molar-refractivity contribution in [3.63, 3.8) is 0 Å². The lowest BCUT2D eigenvalue weighted by atomic mass is 9.83. The van der Waals surface area contributed by atoms with E-state index in [0.717, 1.165) is 5.56 Å². The molecule has 1 aromatic carbocycles. The van der Waals surface area contributed by atoms with Crippen LogP contribution in [0.15, 0.2) is 45.1 Å². The van der Waals surface area contributed by atoms with Gasteiger partial charge in [0, 0.05) is 12.1 Å². The van der Waals surface area contributed by atoms with Gasteiger partial charge in [-0.3, -0.25) is 14.3 Å². The van der Waals surface area contributed by atoms with Gasteiger partial charge in [-0.25, -0.2) is 9.59 Å². The number of carbonyl (C=O) groups is 1. The van der Waals surface area contributed by atoms with Crippen molar-refractivity contribution >= 4 is 23.4 Å². The van der Waals surface area contributed by atoms with Crippen LogP contribution < -0.4 is 16.6 Å². The zero-order chi connectivity index (χ0) is 17.0. The lowest BCUT2D eigenvalue weighted by Crippen LogP contribution is -2.37. The average Bonchev–Trinajstić information content (AvgIpc) is 2.93. The van der Waals surface area contributed by atoms with E-state index >= 15 is 0 Å². The molecule has 1 atom stereocenters. The van der Waals surface area contributed by atoms with Crippen LogP contribution in [0, 0.1) is 0 Å². The van der Waals surface area contributed by atoms with Gasteiger partial charge in [-0.15, -0.1) is 0 Å². The molecule has 2 aliphatic heterocycles. The number of benzene rings is 1. The van der Waals surface area contributed by atoms with Gasteiger partial charge >= 0.3 is 11.7 Å². The van der Waals surface area contributed by atoms with Gasteiger partial charge in [0.25, 0.3) is 5.56 Å². The van der Waals surface area contributed by atoms with E-state index in [2.05, 4.69) is 10.3 Å². The molecule has 0 fully saturated rings. The number of nitrogens with one attached hydrogen (secondary N) is 2. The number of rotatable bonds is 1. The maximum atomic E-state index is 12.5. The van der Waals surface area contributed by atoms with Crippen molar-refractivity contribution in [2.24, 2.45) is 7.05 Å². The van der Waals surface area contributed by atoms with Gasteiger partial charge in [-0.2, -0.15) is 0 Å². The summed E-state index contributed by atoms with van der Waals surface area (Å²) in [6.07, 6.45) is 0. The highest BCUT2D eigenvalue weighted by molar-refractivity contribution is 6.30. The van der Waals surface area contributed by atoms with Crippen molar-refractivity contribution in [2.45, 2.75) is 5.92 Å². The van der Waals surface area contributed by atoms with Crippen molar-refractivity contribution in [1.29, 1.82) is 0 Å². The summed E-state index contributed by atoms with van der Waals surface area (Å²) < 4.78 is 6.43. The Morgan fingerprint density at radius 1 is 1.21 bits per heavy atom. The third-order valence-electron chi connectivity index (χ3n) is 4.30. The van der Waals surface area contributed by atoms with Crippen LogP contribution in [0.4, 0.5) is 5.82 Å². The van der Waals surface area contributed by atoms with Gasteiger partial charge in [0.15, 0.2) is 0 Å². The number of nitrogens with zero attached hydrogens (tertiary/aromatic N) is 1. The Balaban J connectivity index is 2.04. The third kappa shape index (κ3) is 2.01. The molecule has 122 valence electrons. The van der Waals surface area contributed by atoms with Gasteiger partial charge < -0.3 is 10.1 Å². The number of hydrogen-bond acceptors (Lipinski definition) is 5. The lowest BCUT2D eigenvalue weighted by Gasteiger charge is -2.27. The molecule has 2 N–H and O–H groups in total. The number of cyclic esters (lactones) is 1. The van der Waals surface area contributed by atoms with E-state index in [0.29, 0.717) is 27.7 Å². The molecule has 2 aromatic rings. The molecular formula is C16H12ClN3O4. The molecule has 0 saturated heterocycles. The molecule has 8 heteroatoms. The standard InChI is InChI=1S/C16H12ClN3O4/c1-20-13-12(14(21)19-16(20)23)10(7-2-4-8(17)5-3-7)11-9(18-13)6-24-15(11)22/h2-5,10,18H,6H2,1H3,(H,19,21,23)/t10-/m0/s1. The summed E-state index contributed by atoms with van der Waals surface area (Å²) in [4.78, 5) is 38.9. The first-order chi connectivity index (χ1) is 11.5. The van der Waals surface area contributed by atoms with Gasteiger partial charge in [0.05, 0.1) is 22.8 Å². The number of esters is 1. The van der Waals surface area contributed by atoms with Crippen LogP contribution in [-0.4, -0.2) is 22.1 Å². The van der Waals surface area contributed by atoms with E-state index in [1.807, 2.05) is 0 Å². The lowest BCUT2D eigenvalue weighted by molar-refractivity contribution is -0.136. The highest BCUT2D eigenvalue weighted by Crippen LogP contribution is 2.42. The summed E-state index contributed by atoms with van der Waals surface area (Å²) >= 11 is 5.94. The van der Waals surface area contributed by atoms with E-state index < -0.39 is 23.1 Å². The second-order valence-electron chi connectivity index (χ2n) is 5.66. The fourth-order valence-electron chi connectivity index (χ4n) is 3.14. The first kappa shape index (κ1) is 14.8. The summed E-state index contributed by atoms with van der Waals surface area (Å²) in [5.74, 6) is -0.740. The number of aromatic nitrogens is 2. The van der Waals surface area contributed by atoms with Gasteiger partial charge in [0.1, 0.15) is 12.4 Å². The van der Waals surface area contributed by atoms with E-state index in [1.165, 1.54) is 4.57 Å². The maximum absolute atomic E-state index is 12.5. The summed E-state index contributed by atoms with van der Waals surface area (Å²) in [6, 6.07) is 6.89. The Bertz CT molecular complexity index is 1020. The first-order valence-corrected chi connectivity index (χ1v) is 7.61. The van der Waals surface area contributed by atoms with Gasteiger partial charge in [0.2, 0.25) is 0 Å². The summed E-state index contributed by atoms with van der Waals surface area (Å²) in [6.45, 7) is 0.0820. The Hall–Kier alpha value is -2.80. The number of anilines is 1.